The molecule has 1 rings (SSSR count). The first-order valence-corrected chi connectivity index (χ1v) is 4.47. The fourth-order valence-corrected chi connectivity index (χ4v) is 1.31. The summed E-state index contributed by atoms with van der Waals surface area (Å²) in [6, 6.07) is -0.971. The summed E-state index contributed by atoms with van der Waals surface area (Å²) in [4.78, 5) is 22.8. The van der Waals surface area contributed by atoms with Gasteiger partial charge in [-0.15, -0.1) is 0 Å². The molecule has 86 valence electrons. The number of imide groups is 1. The Labute approximate surface area is 84.4 Å². The Morgan fingerprint density at radius 2 is 2.07 bits per heavy atom. The molecule has 15 heavy (non-hydrogen) atoms. The van der Waals surface area contributed by atoms with Gasteiger partial charge in [0.1, 0.15) is 6.54 Å². The van der Waals surface area contributed by atoms with E-state index in [1.165, 1.54) is 6.92 Å². The molecule has 4 nitrogen and oxygen atoms in total. The largest absolute Gasteiger partial charge is 0.406 e. The lowest BCUT2D eigenvalue weighted by atomic mass is 10.1. The molecule has 0 radical (unpaired) electrons. The lowest BCUT2D eigenvalue weighted by Gasteiger charge is -2.21. The molecule has 0 aromatic rings. The molecule has 0 aromatic carbocycles. The average Bonchev–Trinajstić information content (AvgIpc) is 2.19. The fourth-order valence-electron chi connectivity index (χ4n) is 1.31. The van der Waals surface area contributed by atoms with Gasteiger partial charge >= 0.3 is 12.2 Å². The molecule has 1 unspecified atom stereocenters. The number of nitrogens with one attached hydrogen (secondary N) is 1. The minimum absolute atomic E-state index is 0.220. The van der Waals surface area contributed by atoms with Gasteiger partial charge in [0.2, 0.25) is 5.91 Å². The van der Waals surface area contributed by atoms with Crippen LogP contribution in [0.1, 0.15) is 13.3 Å². The Kier molecular flexibility index (Phi) is 3.21. The van der Waals surface area contributed by atoms with E-state index >= 15 is 0 Å². The van der Waals surface area contributed by atoms with Crippen molar-refractivity contribution in [3.63, 3.8) is 0 Å². The molecular formula is C8H11F3N2O2. The standard InChI is InChI=1S/C8H11F3N2O2/c1-5-2-3-12-7(15)13(6(5)14)4-8(9,10)11/h5H,2-4H2,1H3,(H,12,15). The van der Waals surface area contributed by atoms with Gasteiger partial charge in [-0.1, -0.05) is 6.92 Å². The summed E-state index contributed by atoms with van der Waals surface area (Å²) in [5.74, 6) is -1.34. The SMILES string of the molecule is CC1CCNC(=O)N(CC(F)(F)F)C1=O. The number of carbonyl (C=O) groups is 2. The van der Waals surface area contributed by atoms with E-state index < -0.39 is 30.6 Å². The van der Waals surface area contributed by atoms with Gasteiger partial charge in [0, 0.05) is 12.5 Å². The van der Waals surface area contributed by atoms with Crippen molar-refractivity contribution < 1.29 is 22.8 Å². The normalized spacial score (nSPS) is 23.7. The van der Waals surface area contributed by atoms with Crippen molar-refractivity contribution in [1.29, 1.82) is 0 Å². The van der Waals surface area contributed by atoms with E-state index in [0.29, 0.717) is 6.42 Å². The summed E-state index contributed by atoms with van der Waals surface area (Å²) < 4.78 is 36.2. The van der Waals surface area contributed by atoms with Gasteiger partial charge in [-0.3, -0.25) is 9.69 Å². The molecule has 0 aliphatic carbocycles. The number of rotatable bonds is 1. The summed E-state index contributed by atoms with van der Waals surface area (Å²) in [6.45, 7) is 0.202. The van der Waals surface area contributed by atoms with Crippen LogP contribution in [-0.4, -0.2) is 36.1 Å². The Bertz CT molecular complexity index is 278. The Morgan fingerprint density at radius 1 is 1.47 bits per heavy atom. The van der Waals surface area contributed by atoms with Crippen LogP contribution < -0.4 is 5.32 Å². The maximum absolute atomic E-state index is 12.1. The van der Waals surface area contributed by atoms with Gasteiger partial charge in [-0.2, -0.15) is 13.2 Å². The number of halogens is 3. The van der Waals surface area contributed by atoms with Crippen LogP contribution in [0.4, 0.5) is 18.0 Å². The first-order chi connectivity index (χ1) is 6.81. The van der Waals surface area contributed by atoms with Crippen molar-refractivity contribution in [3.05, 3.63) is 0 Å². The van der Waals surface area contributed by atoms with E-state index in [1.54, 1.807) is 0 Å². The summed E-state index contributed by atoms with van der Waals surface area (Å²) in [5, 5.41) is 2.24. The third kappa shape index (κ3) is 3.10. The number of amides is 3. The Balaban J connectivity index is 2.80. The number of nitrogens with zero attached hydrogens (tertiary/aromatic N) is 1. The van der Waals surface area contributed by atoms with E-state index in [4.69, 9.17) is 0 Å². The van der Waals surface area contributed by atoms with E-state index in [1.807, 2.05) is 0 Å². The van der Waals surface area contributed by atoms with Crippen molar-refractivity contribution in [3.8, 4) is 0 Å². The summed E-state index contributed by atoms with van der Waals surface area (Å²) in [7, 11) is 0. The number of hydrogen-bond acceptors (Lipinski definition) is 2. The molecule has 3 amide bonds. The second kappa shape index (κ2) is 4.08. The summed E-state index contributed by atoms with van der Waals surface area (Å²) in [6.07, 6.45) is -4.20. The zero-order valence-corrected chi connectivity index (χ0v) is 8.10. The zero-order valence-electron chi connectivity index (χ0n) is 8.10. The van der Waals surface area contributed by atoms with Gasteiger partial charge in [-0.05, 0) is 6.42 Å². The molecule has 7 heteroatoms. The molecule has 1 N–H and O–H groups in total. The molecule has 1 atom stereocenters. The van der Waals surface area contributed by atoms with Crippen LogP contribution in [-0.2, 0) is 4.79 Å². The van der Waals surface area contributed by atoms with Crippen LogP contribution in [0.2, 0.25) is 0 Å². The van der Waals surface area contributed by atoms with E-state index in [0.717, 1.165) is 0 Å². The smallest absolute Gasteiger partial charge is 0.338 e. The molecule has 1 heterocycles. The second-order valence-corrected chi connectivity index (χ2v) is 3.46. The highest BCUT2D eigenvalue weighted by Gasteiger charge is 2.38. The van der Waals surface area contributed by atoms with Gasteiger partial charge in [-0.25, -0.2) is 4.79 Å². The molecule has 1 fully saturated rings. The number of alkyl halides is 3. The Hall–Kier alpha value is -1.27. The van der Waals surface area contributed by atoms with Crippen LogP contribution in [0.3, 0.4) is 0 Å². The molecule has 0 aromatic heterocycles. The minimum Gasteiger partial charge on any atom is -0.338 e. The third-order valence-corrected chi connectivity index (χ3v) is 2.12. The lowest BCUT2D eigenvalue weighted by molar-refractivity contribution is -0.156. The molecular weight excluding hydrogens is 213 g/mol. The van der Waals surface area contributed by atoms with Gasteiger partial charge in [0.05, 0.1) is 0 Å². The van der Waals surface area contributed by atoms with E-state index in [2.05, 4.69) is 5.32 Å². The topological polar surface area (TPSA) is 49.4 Å². The van der Waals surface area contributed by atoms with Crippen molar-refractivity contribution in [2.24, 2.45) is 5.92 Å². The van der Waals surface area contributed by atoms with Crippen molar-refractivity contribution in [2.45, 2.75) is 19.5 Å². The quantitative estimate of drug-likeness (QED) is 0.725. The average molecular weight is 224 g/mol. The molecule has 0 bridgehead atoms. The van der Waals surface area contributed by atoms with Crippen LogP contribution in [0.5, 0.6) is 0 Å². The third-order valence-electron chi connectivity index (χ3n) is 2.12. The zero-order chi connectivity index (χ0) is 11.6. The van der Waals surface area contributed by atoms with Crippen LogP contribution in [0.25, 0.3) is 0 Å². The highest BCUT2D eigenvalue weighted by Crippen LogP contribution is 2.19. The maximum atomic E-state index is 12.1. The molecule has 1 aliphatic rings. The van der Waals surface area contributed by atoms with Crippen molar-refractivity contribution in [1.82, 2.24) is 10.2 Å². The highest BCUT2D eigenvalue weighted by atomic mass is 19.4. The molecule has 1 aliphatic heterocycles. The fraction of sp³-hybridized carbons (Fsp3) is 0.750. The minimum atomic E-state index is -4.56. The van der Waals surface area contributed by atoms with Crippen LogP contribution >= 0.6 is 0 Å². The molecule has 0 saturated carbocycles. The molecule has 1 saturated heterocycles. The number of carbonyl (C=O) groups excluding carboxylic acids is 2. The van der Waals surface area contributed by atoms with Crippen molar-refractivity contribution >= 4 is 11.9 Å². The van der Waals surface area contributed by atoms with Gasteiger partial charge in [0.15, 0.2) is 0 Å². The second-order valence-electron chi connectivity index (χ2n) is 3.46. The van der Waals surface area contributed by atoms with E-state index in [-0.39, 0.29) is 11.4 Å². The van der Waals surface area contributed by atoms with E-state index in [9.17, 15) is 22.8 Å². The first-order valence-electron chi connectivity index (χ1n) is 4.47. The molecule has 0 spiro atoms. The number of hydrogen-bond donors (Lipinski definition) is 1. The maximum Gasteiger partial charge on any atom is 0.406 e. The number of urea groups is 1. The van der Waals surface area contributed by atoms with Gasteiger partial charge < -0.3 is 5.32 Å². The first kappa shape index (κ1) is 11.8. The summed E-state index contributed by atoms with van der Waals surface area (Å²) >= 11 is 0. The predicted octanol–water partition coefficient (Wildman–Crippen LogP) is 1.13. The van der Waals surface area contributed by atoms with Crippen LogP contribution in [0.15, 0.2) is 0 Å². The summed E-state index contributed by atoms with van der Waals surface area (Å²) in [5.41, 5.74) is 0. The lowest BCUT2D eigenvalue weighted by Crippen LogP contribution is -2.47. The predicted molar refractivity (Wildman–Crippen MR) is 44.9 cm³/mol. The Morgan fingerprint density at radius 3 is 2.60 bits per heavy atom. The highest BCUT2D eigenvalue weighted by molar-refractivity contribution is 5.96. The monoisotopic (exact) mass is 224 g/mol. The van der Waals surface area contributed by atoms with Crippen LogP contribution in [0, 0.1) is 5.92 Å². The van der Waals surface area contributed by atoms with Gasteiger partial charge in [0.25, 0.3) is 0 Å². The van der Waals surface area contributed by atoms with Crippen molar-refractivity contribution in [2.75, 3.05) is 13.1 Å².